The molecule has 1 fully saturated rings. The van der Waals surface area contributed by atoms with Crippen molar-refractivity contribution in [2.45, 2.75) is 31.2 Å². The molecule has 4 nitrogen and oxygen atoms in total. The number of aliphatic hydroxyl groups is 1. The lowest BCUT2D eigenvalue weighted by atomic mass is 10.1. The molecule has 1 saturated heterocycles. The minimum atomic E-state index is -3.19. The summed E-state index contributed by atoms with van der Waals surface area (Å²) >= 11 is 0. The monoisotopic (exact) mass is 264 g/mol. The highest BCUT2D eigenvalue weighted by Gasteiger charge is 2.49. The third-order valence-electron chi connectivity index (χ3n) is 3.49. The molecule has 2 N–H and O–H groups in total. The van der Waals surface area contributed by atoms with Crippen molar-refractivity contribution in [2.75, 3.05) is 11.5 Å². The Morgan fingerprint density at radius 3 is 2.50 bits per heavy atom. The van der Waals surface area contributed by atoms with Gasteiger partial charge in [-0.3, -0.25) is 0 Å². The molecule has 0 aromatic rings. The zero-order valence-electron chi connectivity index (χ0n) is 9.76. The van der Waals surface area contributed by atoms with E-state index in [0.717, 1.165) is 0 Å². The Bertz CT molecular complexity index is 363. The van der Waals surface area contributed by atoms with Crippen molar-refractivity contribution in [2.24, 2.45) is 5.92 Å². The van der Waals surface area contributed by atoms with Gasteiger partial charge in [0.15, 0.2) is 18.2 Å². The predicted molar refractivity (Wildman–Crippen MR) is 66.4 cm³/mol. The summed E-state index contributed by atoms with van der Waals surface area (Å²) in [5.41, 5.74) is -0.156. The van der Waals surface area contributed by atoms with Gasteiger partial charge in [0.05, 0.1) is 17.6 Å². The van der Waals surface area contributed by atoms with E-state index < -0.39 is 24.3 Å². The van der Waals surface area contributed by atoms with Crippen LogP contribution in [0.5, 0.6) is 0 Å². The van der Waals surface area contributed by atoms with E-state index in [1.165, 1.54) is 6.08 Å². The molecule has 4 atom stereocenters. The zero-order chi connectivity index (χ0) is 12.6. The first-order valence-electron chi connectivity index (χ1n) is 5.41. The van der Waals surface area contributed by atoms with Crippen LogP contribution < -0.4 is 0 Å². The van der Waals surface area contributed by atoms with Crippen LogP contribution >= 0.6 is 0 Å². The molecule has 1 aliphatic rings. The van der Waals surface area contributed by atoms with E-state index in [1.54, 1.807) is 13.5 Å². The standard InChI is InChI=1S/C10H20O4SSi/c1-4-5-15(12,13)6-9-7-16(3,14)8(2)10(9)11/h4,8-11,14H,1,5-7H2,2-3H3. The van der Waals surface area contributed by atoms with Crippen LogP contribution in [0.3, 0.4) is 0 Å². The lowest BCUT2D eigenvalue weighted by Gasteiger charge is -2.19. The second-order valence-corrected chi connectivity index (χ2v) is 11.2. The fourth-order valence-electron chi connectivity index (χ4n) is 2.34. The molecule has 6 heteroatoms. The molecule has 0 aromatic carbocycles. The fourth-order valence-corrected chi connectivity index (χ4v) is 6.84. The van der Waals surface area contributed by atoms with Crippen LogP contribution in [0, 0.1) is 5.92 Å². The first-order chi connectivity index (χ1) is 7.19. The summed E-state index contributed by atoms with van der Waals surface area (Å²) < 4.78 is 23.2. The van der Waals surface area contributed by atoms with Crippen molar-refractivity contribution in [1.82, 2.24) is 0 Å². The molecule has 0 saturated carbocycles. The van der Waals surface area contributed by atoms with Gasteiger partial charge in [-0.05, 0) is 18.5 Å². The second kappa shape index (κ2) is 4.60. The van der Waals surface area contributed by atoms with Crippen molar-refractivity contribution < 1.29 is 18.3 Å². The van der Waals surface area contributed by atoms with Gasteiger partial charge in [0.2, 0.25) is 0 Å². The number of hydrogen-bond donors (Lipinski definition) is 2. The molecule has 0 bridgehead atoms. The highest BCUT2D eigenvalue weighted by Crippen LogP contribution is 2.42. The first kappa shape index (κ1) is 13.9. The van der Waals surface area contributed by atoms with Crippen LogP contribution in [-0.4, -0.2) is 44.2 Å². The van der Waals surface area contributed by atoms with E-state index >= 15 is 0 Å². The Hall–Kier alpha value is -0.173. The second-order valence-electron chi connectivity index (χ2n) is 4.97. The van der Waals surface area contributed by atoms with Crippen molar-refractivity contribution >= 4 is 18.2 Å². The lowest BCUT2D eigenvalue weighted by Crippen LogP contribution is -2.32. The van der Waals surface area contributed by atoms with Gasteiger partial charge < -0.3 is 9.90 Å². The number of sulfone groups is 1. The topological polar surface area (TPSA) is 74.6 Å². The van der Waals surface area contributed by atoms with E-state index in [1.807, 2.05) is 0 Å². The Labute approximate surface area is 98.0 Å². The van der Waals surface area contributed by atoms with Gasteiger partial charge in [-0.1, -0.05) is 13.0 Å². The number of aliphatic hydroxyl groups excluding tert-OH is 1. The maximum Gasteiger partial charge on any atom is 0.191 e. The summed E-state index contributed by atoms with van der Waals surface area (Å²) in [4.78, 5) is 10.1. The fraction of sp³-hybridized carbons (Fsp3) is 0.800. The van der Waals surface area contributed by atoms with Crippen LogP contribution in [0.2, 0.25) is 18.1 Å². The molecular weight excluding hydrogens is 244 g/mol. The normalized spacial score (nSPS) is 39.9. The number of hydrogen-bond acceptors (Lipinski definition) is 4. The van der Waals surface area contributed by atoms with Crippen LogP contribution in [0.4, 0.5) is 0 Å². The van der Waals surface area contributed by atoms with E-state index in [9.17, 15) is 18.3 Å². The Morgan fingerprint density at radius 2 is 2.12 bits per heavy atom. The van der Waals surface area contributed by atoms with Gasteiger partial charge in [0, 0.05) is 5.54 Å². The quantitative estimate of drug-likeness (QED) is 0.574. The van der Waals surface area contributed by atoms with Gasteiger partial charge in [0.25, 0.3) is 0 Å². The maximum absolute atomic E-state index is 11.6. The SMILES string of the molecule is C=CCS(=O)(=O)CC1C[Si](C)(O)C(C)C1O. The lowest BCUT2D eigenvalue weighted by molar-refractivity contribution is 0.134. The third kappa shape index (κ3) is 2.94. The largest absolute Gasteiger partial charge is 0.432 e. The van der Waals surface area contributed by atoms with E-state index in [4.69, 9.17) is 0 Å². The third-order valence-corrected chi connectivity index (χ3v) is 8.83. The Kier molecular flexibility index (Phi) is 3.99. The molecule has 0 radical (unpaired) electrons. The molecule has 1 aliphatic heterocycles. The summed E-state index contributed by atoms with van der Waals surface area (Å²) in [6, 6.07) is 0.464. The molecule has 0 aromatic heterocycles. The molecule has 4 unspecified atom stereocenters. The van der Waals surface area contributed by atoms with Crippen LogP contribution in [0.15, 0.2) is 12.7 Å². The van der Waals surface area contributed by atoms with Crippen LogP contribution in [-0.2, 0) is 9.84 Å². The molecule has 94 valence electrons. The van der Waals surface area contributed by atoms with Gasteiger partial charge in [-0.25, -0.2) is 8.42 Å². The highest BCUT2D eigenvalue weighted by atomic mass is 32.2. The summed E-state index contributed by atoms with van der Waals surface area (Å²) in [5, 5.41) is 9.91. The maximum atomic E-state index is 11.6. The first-order valence-corrected chi connectivity index (χ1v) is 9.96. The van der Waals surface area contributed by atoms with E-state index in [2.05, 4.69) is 6.58 Å². The van der Waals surface area contributed by atoms with Crippen molar-refractivity contribution in [3.63, 3.8) is 0 Å². The predicted octanol–water partition coefficient (Wildman–Crippen LogP) is 0.536. The van der Waals surface area contributed by atoms with Gasteiger partial charge in [-0.15, -0.1) is 6.58 Å². The molecule has 16 heavy (non-hydrogen) atoms. The summed E-state index contributed by atoms with van der Waals surface area (Å²) in [7, 11) is -5.62. The zero-order valence-corrected chi connectivity index (χ0v) is 11.6. The van der Waals surface area contributed by atoms with Crippen molar-refractivity contribution in [1.29, 1.82) is 0 Å². The number of rotatable bonds is 4. The molecule has 0 aliphatic carbocycles. The molecule has 0 amide bonds. The van der Waals surface area contributed by atoms with E-state index in [0.29, 0.717) is 6.04 Å². The summed E-state index contributed by atoms with van der Waals surface area (Å²) in [6.07, 6.45) is 0.664. The summed E-state index contributed by atoms with van der Waals surface area (Å²) in [5.74, 6) is -0.427. The van der Waals surface area contributed by atoms with Crippen molar-refractivity contribution in [3.05, 3.63) is 12.7 Å². The van der Waals surface area contributed by atoms with Crippen LogP contribution in [0.1, 0.15) is 6.92 Å². The summed E-state index contributed by atoms with van der Waals surface area (Å²) in [6.45, 7) is 6.98. The Morgan fingerprint density at radius 1 is 1.56 bits per heavy atom. The minimum Gasteiger partial charge on any atom is -0.432 e. The van der Waals surface area contributed by atoms with Gasteiger partial charge >= 0.3 is 0 Å². The Balaban J connectivity index is 2.75. The average Bonchev–Trinajstić information content (AvgIpc) is 2.29. The molecule has 0 spiro atoms. The molecular formula is C10H20O4SSi. The van der Waals surface area contributed by atoms with Crippen molar-refractivity contribution in [3.8, 4) is 0 Å². The van der Waals surface area contributed by atoms with Crippen LogP contribution in [0.25, 0.3) is 0 Å². The van der Waals surface area contributed by atoms with E-state index in [-0.39, 0.29) is 23.0 Å². The minimum absolute atomic E-state index is 0.0479. The van der Waals surface area contributed by atoms with Gasteiger partial charge in [-0.2, -0.15) is 0 Å². The van der Waals surface area contributed by atoms with Gasteiger partial charge in [0.1, 0.15) is 0 Å². The molecule has 1 heterocycles. The highest BCUT2D eigenvalue weighted by molar-refractivity contribution is 7.91. The smallest absolute Gasteiger partial charge is 0.191 e. The average molecular weight is 264 g/mol. The molecule has 1 rings (SSSR count).